The fourth-order valence-electron chi connectivity index (χ4n) is 1.71. The fraction of sp³-hybridized carbons (Fsp3) is 0.300. The molecule has 1 aromatic carbocycles. The van der Waals surface area contributed by atoms with Gasteiger partial charge in [-0.25, -0.2) is 0 Å². The predicted molar refractivity (Wildman–Crippen MR) is 51.9 cm³/mol. The number of hydrogen-bond acceptors (Lipinski definition) is 3. The Bertz CT molecular complexity index is 339. The van der Waals surface area contributed by atoms with Crippen molar-refractivity contribution in [1.82, 2.24) is 11.5 Å². The van der Waals surface area contributed by atoms with Crippen molar-refractivity contribution in [2.24, 2.45) is 0 Å². The number of benzene rings is 1. The van der Waals surface area contributed by atoms with Crippen molar-refractivity contribution in [3.05, 3.63) is 35.4 Å². The molecule has 1 atom stereocenters. The number of carbonyl (C=O) groups is 1. The topological polar surface area (TPSA) is 88.7 Å². The molecule has 0 radical (unpaired) electrons. The molecule has 1 heterocycles. The predicted octanol–water partition coefficient (Wildman–Crippen LogP) is -0.000500. The minimum atomic E-state index is -1.05. The lowest BCUT2D eigenvalue weighted by atomic mass is 9.95. The second-order valence-corrected chi connectivity index (χ2v) is 3.15. The highest BCUT2D eigenvalue weighted by Gasteiger charge is 2.19. The molecule has 4 heteroatoms. The number of fused-ring (bicyclic) bond motifs is 1. The molecule has 0 unspecified atom stereocenters. The van der Waals surface area contributed by atoms with Gasteiger partial charge in [-0.2, -0.15) is 0 Å². The van der Waals surface area contributed by atoms with E-state index in [-0.39, 0.29) is 6.15 Å². The molecular formula is C10H14N2O2. The number of aliphatic carboxylic acids is 1. The second-order valence-electron chi connectivity index (χ2n) is 3.15. The van der Waals surface area contributed by atoms with Crippen LogP contribution in [-0.4, -0.2) is 12.5 Å². The van der Waals surface area contributed by atoms with Gasteiger partial charge in [0.1, 0.15) is 0 Å². The van der Waals surface area contributed by atoms with Gasteiger partial charge in [-0.05, 0) is 17.5 Å². The summed E-state index contributed by atoms with van der Waals surface area (Å²) in [6.07, 6.45) is 0.889. The van der Waals surface area contributed by atoms with Crippen LogP contribution in [0.15, 0.2) is 24.3 Å². The van der Waals surface area contributed by atoms with Gasteiger partial charge in [-0.15, -0.1) is 0 Å². The van der Waals surface area contributed by atoms with Crippen LogP contribution in [0.25, 0.3) is 0 Å². The van der Waals surface area contributed by atoms with E-state index < -0.39 is 12.0 Å². The Balaban J connectivity index is 0.000000980. The van der Waals surface area contributed by atoms with Gasteiger partial charge in [-0.3, -0.25) is 0 Å². The molecule has 0 spiro atoms. The third kappa shape index (κ3) is 1.76. The van der Waals surface area contributed by atoms with Gasteiger partial charge in [0.15, 0.2) is 0 Å². The zero-order valence-electron chi connectivity index (χ0n) is 8.12. The highest BCUT2D eigenvalue weighted by atomic mass is 16.4. The first-order valence-corrected chi connectivity index (χ1v) is 4.31. The molecule has 0 saturated heterocycles. The molecule has 0 bridgehead atoms. The molecule has 1 aliphatic heterocycles. The Kier molecular flexibility index (Phi) is 3.22. The monoisotopic (exact) mass is 194 g/mol. The number of carbonyl (C=O) groups excluding carboxylic acids is 1. The van der Waals surface area contributed by atoms with E-state index in [0.717, 1.165) is 17.5 Å². The third-order valence-electron chi connectivity index (χ3n) is 2.34. The van der Waals surface area contributed by atoms with Crippen LogP contribution in [0.4, 0.5) is 0 Å². The molecular weight excluding hydrogens is 180 g/mol. The van der Waals surface area contributed by atoms with Gasteiger partial charge in [0, 0.05) is 6.54 Å². The maximum atomic E-state index is 10.7. The van der Waals surface area contributed by atoms with Gasteiger partial charge in [0.2, 0.25) is 0 Å². The highest BCUT2D eigenvalue weighted by molar-refractivity contribution is 5.74. The average molecular weight is 194 g/mol. The molecule has 0 aliphatic carbocycles. The van der Waals surface area contributed by atoms with Crippen LogP contribution in [0.5, 0.6) is 0 Å². The normalized spacial score (nSPS) is 19.3. The molecule has 76 valence electrons. The minimum absolute atomic E-state index is 0. The lowest BCUT2D eigenvalue weighted by molar-refractivity contribution is -0.309. The van der Waals surface area contributed by atoms with E-state index in [4.69, 9.17) is 0 Å². The number of hydrogen-bond donors (Lipinski definition) is 2. The minimum Gasteiger partial charge on any atom is -0.548 e. The summed E-state index contributed by atoms with van der Waals surface area (Å²) < 4.78 is 0. The summed E-state index contributed by atoms with van der Waals surface area (Å²) >= 11 is 0. The average Bonchev–Trinajstić information content (AvgIpc) is 2.17. The van der Waals surface area contributed by atoms with E-state index in [1.54, 1.807) is 0 Å². The van der Waals surface area contributed by atoms with E-state index in [9.17, 15) is 9.90 Å². The summed E-state index contributed by atoms with van der Waals surface area (Å²) in [5, 5.41) is 13.7. The van der Waals surface area contributed by atoms with Crippen LogP contribution < -0.4 is 16.6 Å². The molecule has 0 amide bonds. The van der Waals surface area contributed by atoms with E-state index in [0.29, 0.717) is 6.54 Å². The molecule has 0 saturated carbocycles. The molecule has 14 heavy (non-hydrogen) atoms. The molecule has 1 aliphatic rings. The van der Waals surface area contributed by atoms with Crippen molar-refractivity contribution in [3.8, 4) is 0 Å². The molecule has 1 aromatic rings. The summed E-state index contributed by atoms with van der Waals surface area (Å²) in [7, 11) is 0. The fourth-order valence-corrected chi connectivity index (χ4v) is 1.71. The summed E-state index contributed by atoms with van der Waals surface area (Å²) in [6.45, 7) is 0.704. The summed E-state index contributed by atoms with van der Waals surface area (Å²) in [5.74, 6) is -1.05. The van der Waals surface area contributed by atoms with Crippen molar-refractivity contribution in [3.63, 3.8) is 0 Å². The second kappa shape index (κ2) is 4.21. The Morgan fingerprint density at radius 1 is 1.43 bits per heavy atom. The first-order valence-electron chi connectivity index (χ1n) is 4.31. The van der Waals surface area contributed by atoms with Gasteiger partial charge in [-0.1, -0.05) is 24.3 Å². The molecule has 0 fully saturated rings. The van der Waals surface area contributed by atoms with Crippen molar-refractivity contribution in [1.29, 1.82) is 0 Å². The third-order valence-corrected chi connectivity index (χ3v) is 2.34. The van der Waals surface area contributed by atoms with E-state index >= 15 is 0 Å². The number of nitrogens with one attached hydrogen (secondary N) is 1. The van der Waals surface area contributed by atoms with Crippen LogP contribution in [-0.2, 0) is 11.2 Å². The van der Waals surface area contributed by atoms with Crippen LogP contribution in [0.1, 0.15) is 17.2 Å². The summed E-state index contributed by atoms with van der Waals surface area (Å²) in [5.41, 5.74) is 1.95. The van der Waals surface area contributed by atoms with Gasteiger partial charge in [0.05, 0.1) is 12.0 Å². The molecule has 0 aromatic heterocycles. The number of quaternary nitrogens is 1. The first kappa shape index (κ1) is 10.7. The molecule has 5 N–H and O–H groups in total. The van der Waals surface area contributed by atoms with Crippen LogP contribution in [0, 0.1) is 0 Å². The Hall–Kier alpha value is -1.39. The maximum absolute atomic E-state index is 10.7. The standard InChI is InChI=1S/C10H11NO2.H3N/c12-10(13)9-8-4-2-1-3-7(8)5-6-11-9;/h1-4,9,11H,5-6H2,(H,12,13);1H3/t9-;/m1./s1. The van der Waals surface area contributed by atoms with Crippen LogP contribution >= 0.6 is 0 Å². The molecule has 2 rings (SSSR count). The van der Waals surface area contributed by atoms with Gasteiger partial charge < -0.3 is 21.4 Å². The summed E-state index contributed by atoms with van der Waals surface area (Å²) in [4.78, 5) is 10.7. The van der Waals surface area contributed by atoms with Crippen molar-refractivity contribution >= 4 is 5.97 Å². The van der Waals surface area contributed by atoms with Crippen molar-refractivity contribution in [2.45, 2.75) is 12.5 Å². The quantitative estimate of drug-likeness (QED) is 0.659. The number of rotatable bonds is 1. The lowest BCUT2D eigenvalue weighted by Crippen LogP contribution is -2.42. The smallest absolute Gasteiger partial charge is 0.0726 e. The zero-order valence-corrected chi connectivity index (χ0v) is 8.12. The zero-order chi connectivity index (χ0) is 9.26. The van der Waals surface area contributed by atoms with Crippen molar-refractivity contribution < 1.29 is 9.90 Å². The van der Waals surface area contributed by atoms with E-state index in [1.807, 2.05) is 24.3 Å². The number of carboxylic acids is 1. The van der Waals surface area contributed by atoms with Crippen LogP contribution in [0.2, 0.25) is 0 Å². The van der Waals surface area contributed by atoms with Gasteiger partial charge >= 0.3 is 0 Å². The SMILES string of the molecule is O=C([O-])[C@@H]1NCCc2ccccc21.[NH4+]. The maximum Gasteiger partial charge on any atom is 0.0726 e. The summed E-state index contributed by atoms with van der Waals surface area (Å²) in [6, 6.07) is 6.94. The van der Waals surface area contributed by atoms with E-state index in [1.165, 1.54) is 0 Å². The van der Waals surface area contributed by atoms with E-state index in [2.05, 4.69) is 5.32 Å². The Labute approximate surface area is 82.5 Å². The largest absolute Gasteiger partial charge is 0.548 e. The van der Waals surface area contributed by atoms with Crippen LogP contribution in [0.3, 0.4) is 0 Å². The highest BCUT2D eigenvalue weighted by Crippen LogP contribution is 2.21. The lowest BCUT2D eigenvalue weighted by Gasteiger charge is -2.27. The Morgan fingerprint density at radius 3 is 2.86 bits per heavy atom. The first-order chi connectivity index (χ1) is 6.29. The molecule has 4 nitrogen and oxygen atoms in total. The number of carboxylic acid groups (broad SMARTS) is 1. The van der Waals surface area contributed by atoms with Crippen molar-refractivity contribution in [2.75, 3.05) is 6.54 Å². The Morgan fingerprint density at radius 2 is 2.14 bits per heavy atom. The van der Waals surface area contributed by atoms with Gasteiger partial charge in [0.25, 0.3) is 0 Å².